The summed E-state index contributed by atoms with van der Waals surface area (Å²) in [4.78, 5) is 0.679. The van der Waals surface area contributed by atoms with Gasteiger partial charge < -0.3 is 0 Å². The Morgan fingerprint density at radius 1 is 1.44 bits per heavy atom. The molecule has 0 atom stereocenters. The Kier molecular flexibility index (Phi) is 2.43. The lowest BCUT2D eigenvalue weighted by Gasteiger charge is -2.21. The predicted molar refractivity (Wildman–Crippen MR) is 64.0 cm³/mol. The fourth-order valence-electron chi connectivity index (χ4n) is 2.02. The topological polar surface area (TPSA) is 33.6 Å². The smallest absolute Gasteiger partial charge is 0.284 e. The lowest BCUT2D eigenvalue weighted by Crippen LogP contribution is -2.35. The molecule has 0 spiro atoms. The molecular weight excluding hydrogens is 283 g/mol. The van der Waals surface area contributed by atoms with Crippen molar-refractivity contribution in [2.45, 2.75) is 24.6 Å². The van der Waals surface area contributed by atoms with Crippen molar-refractivity contribution in [3.63, 3.8) is 0 Å². The number of aromatic amines is 1. The van der Waals surface area contributed by atoms with Crippen molar-refractivity contribution >= 4 is 23.6 Å². The molecule has 0 unspecified atom stereocenters. The van der Waals surface area contributed by atoms with Gasteiger partial charge in [-0.15, -0.1) is 11.3 Å². The van der Waals surface area contributed by atoms with Crippen LogP contribution < -0.4 is 0 Å². The van der Waals surface area contributed by atoms with E-state index in [0.717, 1.165) is 4.57 Å². The standard InChI is InChI=1S/C10H8F3N3S2/c11-10(12,13)9(3-4-9)16-7(14-15-8(16)17)6-2-1-5-18-6/h1-2,5H,3-4H2,(H,15,17). The molecule has 0 saturated heterocycles. The molecule has 3 nitrogen and oxygen atoms in total. The maximum absolute atomic E-state index is 13.2. The van der Waals surface area contributed by atoms with Crippen LogP contribution in [0.1, 0.15) is 12.8 Å². The van der Waals surface area contributed by atoms with E-state index in [4.69, 9.17) is 12.2 Å². The predicted octanol–water partition coefficient (Wildman–Crippen LogP) is 3.72. The molecule has 18 heavy (non-hydrogen) atoms. The van der Waals surface area contributed by atoms with Gasteiger partial charge in [0.25, 0.3) is 0 Å². The Morgan fingerprint density at radius 3 is 2.67 bits per heavy atom. The second-order valence-corrected chi connectivity index (χ2v) is 5.53. The number of hydrogen-bond acceptors (Lipinski definition) is 3. The lowest BCUT2D eigenvalue weighted by molar-refractivity contribution is -0.179. The summed E-state index contributed by atoms with van der Waals surface area (Å²) in [6.07, 6.45) is -4.19. The van der Waals surface area contributed by atoms with Crippen molar-refractivity contribution < 1.29 is 13.2 Å². The normalized spacial score (nSPS) is 17.9. The molecular formula is C10H8F3N3S2. The molecule has 1 aliphatic rings. The number of thiophene rings is 1. The highest BCUT2D eigenvalue weighted by Crippen LogP contribution is 2.56. The van der Waals surface area contributed by atoms with E-state index in [1.54, 1.807) is 17.5 Å². The van der Waals surface area contributed by atoms with Crippen LogP contribution in [-0.2, 0) is 5.54 Å². The van der Waals surface area contributed by atoms with Crippen molar-refractivity contribution in [1.29, 1.82) is 0 Å². The van der Waals surface area contributed by atoms with Crippen LogP contribution in [0.5, 0.6) is 0 Å². The molecule has 0 radical (unpaired) electrons. The Hall–Kier alpha value is -1.15. The van der Waals surface area contributed by atoms with Gasteiger partial charge in [-0.2, -0.15) is 18.3 Å². The number of rotatable bonds is 2. The second kappa shape index (κ2) is 3.67. The summed E-state index contributed by atoms with van der Waals surface area (Å²) in [6, 6.07) is 3.51. The molecule has 1 fully saturated rings. The van der Waals surface area contributed by atoms with Crippen LogP contribution in [0.15, 0.2) is 17.5 Å². The highest BCUT2D eigenvalue weighted by atomic mass is 32.1. The number of alkyl halides is 3. The first-order valence-electron chi connectivity index (χ1n) is 5.24. The molecule has 3 rings (SSSR count). The molecule has 2 aromatic heterocycles. The first kappa shape index (κ1) is 11.9. The van der Waals surface area contributed by atoms with Crippen LogP contribution in [0.4, 0.5) is 13.2 Å². The van der Waals surface area contributed by atoms with Crippen molar-refractivity contribution in [1.82, 2.24) is 14.8 Å². The third kappa shape index (κ3) is 1.55. The van der Waals surface area contributed by atoms with E-state index in [-0.39, 0.29) is 23.4 Å². The number of aromatic nitrogens is 3. The van der Waals surface area contributed by atoms with Crippen molar-refractivity contribution in [3.8, 4) is 10.7 Å². The molecule has 0 aliphatic heterocycles. The van der Waals surface area contributed by atoms with Gasteiger partial charge in [-0.25, -0.2) is 0 Å². The number of hydrogen-bond donors (Lipinski definition) is 1. The molecule has 1 N–H and O–H groups in total. The van der Waals surface area contributed by atoms with Crippen LogP contribution in [0.25, 0.3) is 10.7 Å². The summed E-state index contributed by atoms with van der Waals surface area (Å²) in [7, 11) is 0. The van der Waals surface area contributed by atoms with E-state index < -0.39 is 11.7 Å². The Bertz CT molecular complexity index is 620. The summed E-state index contributed by atoms with van der Waals surface area (Å²) in [6.45, 7) is 0. The monoisotopic (exact) mass is 291 g/mol. The van der Waals surface area contributed by atoms with E-state index in [1.165, 1.54) is 11.3 Å². The quantitative estimate of drug-likeness (QED) is 0.856. The second-order valence-electron chi connectivity index (χ2n) is 4.19. The fourth-order valence-corrected chi connectivity index (χ4v) is 3.03. The molecule has 1 aliphatic carbocycles. The van der Waals surface area contributed by atoms with Gasteiger partial charge in [-0.1, -0.05) is 6.07 Å². The van der Waals surface area contributed by atoms with E-state index in [2.05, 4.69) is 10.2 Å². The van der Waals surface area contributed by atoms with Gasteiger partial charge >= 0.3 is 6.18 Å². The largest absolute Gasteiger partial charge is 0.412 e. The Morgan fingerprint density at radius 2 is 2.17 bits per heavy atom. The van der Waals surface area contributed by atoms with Crippen LogP contribution in [0.3, 0.4) is 0 Å². The highest BCUT2D eigenvalue weighted by molar-refractivity contribution is 7.71. The number of nitrogens with zero attached hydrogens (tertiary/aromatic N) is 2. The summed E-state index contributed by atoms with van der Waals surface area (Å²) in [5.41, 5.74) is -1.86. The van der Waals surface area contributed by atoms with Crippen molar-refractivity contribution in [3.05, 3.63) is 22.3 Å². The number of H-pyrrole nitrogens is 1. The van der Waals surface area contributed by atoms with Gasteiger partial charge in [-0.3, -0.25) is 9.67 Å². The minimum Gasteiger partial charge on any atom is -0.284 e. The Balaban J connectivity index is 2.20. The molecule has 1 saturated carbocycles. The zero-order chi connectivity index (χ0) is 13.0. The average Bonchev–Trinajstić information content (AvgIpc) is 2.76. The molecule has 2 aromatic rings. The molecule has 8 heteroatoms. The van der Waals surface area contributed by atoms with E-state index in [0.29, 0.717) is 4.88 Å². The minimum absolute atomic E-state index is 0.0215. The molecule has 0 aromatic carbocycles. The summed E-state index contributed by atoms with van der Waals surface area (Å²) in [5, 5.41) is 8.20. The third-order valence-electron chi connectivity index (χ3n) is 3.09. The van der Waals surface area contributed by atoms with Gasteiger partial charge in [0.2, 0.25) is 0 Å². The fraction of sp³-hybridized carbons (Fsp3) is 0.400. The summed E-state index contributed by atoms with van der Waals surface area (Å²) in [5.74, 6) is 0.268. The van der Waals surface area contributed by atoms with E-state index in [9.17, 15) is 13.2 Å². The van der Waals surface area contributed by atoms with E-state index >= 15 is 0 Å². The van der Waals surface area contributed by atoms with Crippen LogP contribution >= 0.6 is 23.6 Å². The van der Waals surface area contributed by atoms with Gasteiger partial charge in [-0.05, 0) is 36.5 Å². The minimum atomic E-state index is -4.30. The molecule has 96 valence electrons. The zero-order valence-electron chi connectivity index (χ0n) is 8.99. The summed E-state index contributed by atoms with van der Waals surface area (Å²) < 4.78 is 40.6. The van der Waals surface area contributed by atoms with Crippen molar-refractivity contribution in [2.24, 2.45) is 0 Å². The maximum Gasteiger partial charge on any atom is 0.412 e. The van der Waals surface area contributed by atoms with Gasteiger partial charge in [0.05, 0.1) is 4.88 Å². The van der Waals surface area contributed by atoms with Gasteiger partial charge in [0.15, 0.2) is 10.6 Å². The van der Waals surface area contributed by atoms with Crippen LogP contribution in [0.2, 0.25) is 0 Å². The molecule has 2 heterocycles. The maximum atomic E-state index is 13.2. The third-order valence-corrected chi connectivity index (χ3v) is 4.23. The van der Waals surface area contributed by atoms with E-state index in [1.807, 2.05) is 0 Å². The van der Waals surface area contributed by atoms with Gasteiger partial charge in [0.1, 0.15) is 5.54 Å². The van der Waals surface area contributed by atoms with Gasteiger partial charge in [0, 0.05) is 0 Å². The van der Waals surface area contributed by atoms with Crippen LogP contribution in [0, 0.1) is 4.77 Å². The first-order valence-corrected chi connectivity index (χ1v) is 6.53. The molecule has 0 amide bonds. The highest BCUT2D eigenvalue weighted by Gasteiger charge is 2.66. The first-order chi connectivity index (χ1) is 8.46. The SMILES string of the molecule is FC(F)(F)C1(n2c(-c3cccs3)n[nH]c2=S)CC1. The number of nitrogens with one attached hydrogen (secondary N) is 1. The number of halogens is 3. The Labute approximate surface area is 109 Å². The lowest BCUT2D eigenvalue weighted by atomic mass is 10.2. The molecule has 0 bridgehead atoms. The average molecular weight is 291 g/mol. The summed E-state index contributed by atoms with van der Waals surface area (Å²) >= 11 is 6.29. The van der Waals surface area contributed by atoms with Crippen molar-refractivity contribution in [2.75, 3.05) is 0 Å². The zero-order valence-corrected chi connectivity index (χ0v) is 10.6. The van der Waals surface area contributed by atoms with Crippen LogP contribution in [-0.4, -0.2) is 20.9 Å².